The van der Waals surface area contributed by atoms with Gasteiger partial charge in [0.1, 0.15) is 0 Å². The first-order valence-corrected chi connectivity index (χ1v) is 31.6. The van der Waals surface area contributed by atoms with Gasteiger partial charge in [-0.2, -0.15) is 0 Å². The van der Waals surface area contributed by atoms with Gasteiger partial charge in [-0.05, 0) is 130 Å². The molecule has 19 aromatic rings. The van der Waals surface area contributed by atoms with Gasteiger partial charge in [0.05, 0.1) is 55.5 Å². The van der Waals surface area contributed by atoms with Gasteiger partial charge in [-0.15, -0.1) is 0 Å². The summed E-state index contributed by atoms with van der Waals surface area (Å²) in [5.41, 5.74) is 25.2. The average molecular weight is 1170 g/mol. The minimum Gasteiger partial charge on any atom is -0.309 e. The lowest BCUT2D eigenvalue weighted by molar-refractivity contribution is 1.12. The van der Waals surface area contributed by atoms with Crippen molar-refractivity contribution in [3.63, 3.8) is 0 Å². The first kappa shape index (κ1) is 50.6. The summed E-state index contributed by atoms with van der Waals surface area (Å²) >= 11 is 0. The van der Waals surface area contributed by atoms with Crippen LogP contribution in [-0.2, 0) is 0 Å². The largest absolute Gasteiger partial charge is 0.309 e. The number of benzene rings is 14. The molecule has 0 atom stereocenters. The zero-order chi connectivity index (χ0) is 60.1. The van der Waals surface area contributed by atoms with Gasteiger partial charge in [0, 0.05) is 88.1 Å². The minimum atomic E-state index is 0.654. The molecule has 6 heteroatoms. The van der Waals surface area contributed by atoms with Gasteiger partial charge in [0.2, 0.25) is 0 Å². The number of aromatic nitrogens is 6. The maximum Gasteiger partial charge on any atom is 0.160 e. The van der Waals surface area contributed by atoms with Gasteiger partial charge in [0.25, 0.3) is 0 Å². The molecule has 0 fully saturated rings. The van der Waals surface area contributed by atoms with Crippen LogP contribution in [0.25, 0.3) is 188 Å². The molecule has 20 rings (SSSR count). The fraction of sp³-hybridized carbons (Fsp3) is 0. The van der Waals surface area contributed by atoms with E-state index in [0.29, 0.717) is 5.82 Å². The Kier molecular flexibility index (Phi) is 10.8. The van der Waals surface area contributed by atoms with Gasteiger partial charge >= 0.3 is 0 Å². The van der Waals surface area contributed by atoms with E-state index in [1.165, 1.54) is 98.2 Å². The first-order chi connectivity index (χ1) is 45.7. The van der Waals surface area contributed by atoms with Crippen LogP contribution < -0.4 is 0 Å². The van der Waals surface area contributed by atoms with Crippen LogP contribution in [0, 0.1) is 0 Å². The van der Waals surface area contributed by atoms with Crippen molar-refractivity contribution in [1.82, 2.24) is 28.2 Å². The normalized spacial score (nSPS) is 12.1. The Hall–Kier alpha value is -12.4. The van der Waals surface area contributed by atoms with Crippen molar-refractivity contribution in [1.29, 1.82) is 0 Å². The topological polar surface area (TPSA) is 45.5 Å². The van der Waals surface area contributed by atoms with E-state index in [0.717, 1.165) is 84.0 Å². The Morgan fingerprint density at radius 2 is 0.533 bits per heavy atom. The van der Waals surface area contributed by atoms with E-state index in [9.17, 15) is 0 Å². The highest BCUT2D eigenvalue weighted by Crippen LogP contribution is 2.52. The molecule has 1 aliphatic rings. The molecule has 1 aliphatic carbocycles. The molecule has 0 spiro atoms. The molecular weight excluding hydrogens is 1120 g/mol. The summed E-state index contributed by atoms with van der Waals surface area (Å²) in [5.74, 6) is 0.654. The molecule has 5 aromatic heterocycles. The molecule has 0 unspecified atom stereocenters. The quantitative estimate of drug-likeness (QED) is 0.152. The summed E-state index contributed by atoms with van der Waals surface area (Å²) < 4.78 is 9.80. The molecule has 92 heavy (non-hydrogen) atoms. The number of rotatable bonds is 8. The predicted molar refractivity (Wildman–Crippen MR) is 383 cm³/mol. The summed E-state index contributed by atoms with van der Waals surface area (Å²) in [6.45, 7) is 0. The van der Waals surface area contributed by atoms with Crippen LogP contribution >= 0.6 is 0 Å². The smallest absolute Gasteiger partial charge is 0.160 e. The van der Waals surface area contributed by atoms with Gasteiger partial charge in [-0.25, -0.2) is 9.97 Å². The van der Waals surface area contributed by atoms with Crippen LogP contribution in [0.3, 0.4) is 0 Å². The summed E-state index contributed by atoms with van der Waals surface area (Å²) in [6.07, 6.45) is 0. The van der Waals surface area contributed by atoms with Crippen molar-refractivity contribution in [2.75, 3.05) is 0 Å². The van der Waals surface area contributed by atoms with Gasteiger partial charge in [0.15, 0.2) is 5.82 Å². The van der Waals surface area contributed by atoms with Crippen molar-refractivity contribution < 1.29 is 0 Å². The van der Waals surface area contributed by atoms with Crippen LogP contribution in [-0.4, -0.2) is 28.2 Å². The molecule has 0 bridgehead atoms. The number of nitrogens with zero attached hydrogens (tertiary/aromatic N) is 6. The second-order valence-electron chi connectivity index (χ2n) is 24.3. The Bertz CT molecular complexity index is 6000. The van der Waals surface area contributed by atoms with Crippen LogP contribution in [0.1, 0.15) is 0 Å². The van der Waals surface area contributed by atoms with Crippen molar-refractivity contribution in [3.8, 4) is 90.0 Å². The third kappa shape index (κ3) is 7.20. The highest BCUT2D eigenvalue weighted by atomic mass is 15.0. The maximum atomic E-state index is 5.78. The van der Waals surface area contributed by atoms with E-state index < -0.39 is 0 Å². The van der Waals surface area contributed by atoms with E-state index >= 15 is 0 Å². The Balaban J connectivity index is 0.875. The Labute approximate surface area is 528 Å². The summed E-state index contributed by atoms with van der Waals surface area (Å²) in [5, 5.41) is 12.0. The molecule has 0 aliphatic heterocycles. The van der Waals surface area contributed by atoms with Gasteiger partial charge in [-0.1, -0.05) is 224 Å². The van der Waals surface area contributed by atoms with E-state index in [1.54, 1.807) is 0 Å². The highest BCUT2D eigenvalue weighted by Gasteiger charge is 2.30. The van der Waals surface area contributed by atoms with E-state index in [1.807, 2.05) is 0 Å². The third-order valence-electron chi connectivity index (χ3n) is 19.5. The Morgan fingerprint density at radius 1 is 0.207 bits per heavy atom. The lowest BCUT2D eigenvalue weighted by atomic mass is 9.95. The number of fused-ring (bicyclic) bond motifs is 15. The minimum absolute atomic E-state index is 0.654. The SMILES string of the molecule is c1ccc(-c2nc(-c3cc(-n4c5ccccc5c5c(-c6cccc7c6c6ccccc6n7-c6ccccc6)cccc54)cc(-n4c5ccccc5c5c(-c6cccc7c6c6ccccc6n7-c6ccccc6)cccc54)c3)nc3c2-c2cccc4cccc-3c24)cc1. The Morgan fingerprint density at radius 3 is 0.957 bits per heavy atom. The van der Waals surface area contributed by atoms with E-state index in [-0.39, 0.29) is 0 Å². The van der Waals surface area contributed by atoms with Crippen LogP contribution in [0.15, 0.2) is 315 Å². The monoisotopic (exact) mass is 1170 g/mol. The molecule has 6 nitrogen and oxygen atoms in total. The zero-order valence-corrected chi connectivity index (χ0v) is 49.7. The van der Waals surface area contributed by atoms with E-state index in [4.69, 9.17) is 9.97 Å². The molecule has 0 N–H and O–H groups in total. The summed E-state index contributed by atoms with van der Waals surface area (Å²) in [6, 6.07) is 115. The second-order valence-corrected chi connectivity index (χ2v) is 24.3. The molecule has 0 saturated heterocycles. The first-order valence-electron chi connectivity index (χ1n) is 31.6. The predicted octanol–water partition coefficient (Wildman–Crippen LogP) is 22.3. The molecule has 0 amide bonds. The van der Waals surface area contributed by atoms with Gasteiger partial charge in [-0.3, -0.25) is 0 Å². The van der Waals surface area contributed by atoms with Crippen LogP contribution in [0.4, 0.5) is 0 Å². The fourth-order valence-corrected chi connectivity index (χ4v) is 15.8. The average Bonchev–Trinajstić information content (AvgIpc) is 1.58. The molecule has 0 radical (unpaired) electrons. The highest BCUT2D eigenvalue weighted by molar-refractivity contribution is 6.25. The summed E-state index contributed by atoms with van der Waals surface area (Å²) in [7, 11) is 0. The molecular formula is C86H52N6. The van der Waals surface area contributed by atoms with Gasteiger partial charge < -0.3 is 18.3 Å². The number of hydrogen-bond donors (Lipinski definition) is 0. The molecule has 426 valence electrons. The second kappa shape index (κ2) is 19.6. The van der Waals surface area contributed by atoms with E-state index in [2.05, 4.69) is 334 Å². The standard InChI is InChI=1S/C86H52N6/c1-4-24-54(25-5-1)84-83-68-40-18-26-53-27-19-41-69(78(53)68)85(83)88-86(87-84)55-50-58(91-72-44-16-12-34-66(72)81-62(38-22-48-76(81)91)60-36-20-46-74-79(60)64-32-10-14-42-70(64)89(74)56-28-6-2-7-29-56)52-59(51-55)92-73-45-17-13-35-67(73)82-63(39-23-49-77(82)92)61-37-21-47-75-80(61)65-33-11-15-43-71(65)90(75)57-30-8-3-9-31-57/h1-52H. The fourth-order valence-electron chi connectivity index (χ4n) is 15.8. The maximum absolute atomic E-state index is 5.78. The summed E-state index contributed by atoms with van der Waals surface area (Å²) in [4.78, 5) is 11.6. The molecule has 5 heterocycles. The van der Waals surface area contributed by atoms with Crippen molar-refractivity contribution in [2.24, 2.45) is 0 Å². The number of para-hydroxylation sites is 6. The zero-order valence-electron chi connectivity index (χ0n) is 49.7. The van der Waals surface area contributed by atoms with Crippen LogP contribution in [0.2, 0.25) is 0 Å². The van der Waals surface area contributed by atoms with Crippen molar-refractivity contribution in [3.05, 3.63) is 315 Å². The van der Waals surface area contributed by atoms with Crippen LogP contribution in [0.5, 0.6) is 0 Å². The number of hydrogen-bond acceptors (Lipinski definition) is 2. The van der Waals surface area contributed by atoms with Crippen molar-refractivity contribution in [2.45, 2.75) is 0 Å². The molecule has 0 saturated carbocycles. The molecule has 14 aromatic carbocycles. The lowest BCUT2D eigenvalue weighted by Crippen LogP contribution is -2.02. The third-order valence-corrected chi connectivity index (χ3v) is 19.5. The van der Waals surface area contributed by atoms with Crippen molar-refractivity contribution >= 4 is 98.0 Å². The lowest BCUT2D eigenvalue weighted by Gasteiger charge is -2.17.